The Morgan fingerprint density at radius 2 is 1.95 bits per heavy atom. The van der Waals surface area contributed by atoms with Crippen molar-refractivity contribution in [1.29, 1.82) is 0 Å². The minimum atomic E-state index is -1.35. The number of hydrogen-bond donors (Lipinski definition) is 1. The third-order valence-corrected chi connectivity index (χ3v) is 2.49. The van der Waals surface area contributed by atoms with Crippen LogP contribution in [0.3, 0.4) is 0 Å². The van der Waals surface area contributed by atoms with Crippen LogP contribution in [0.2, 0.25) is 10.0 Å². The molecule has 2 aromatic rings. The predicted molar refractivity (Wildman–Crippen MR) is 74.1 cm³/mol. The number of aromatic nitrogens is 1. The van der Waals surface area contributed by atoms with Gasteiger partial charge in [-0.1, -0.05) is 29.3 Å². The Kier molecular flexibility index (Phi) is 5.54. The van der Waals surface area contributed by atoms with E-state index in [2.05, 4.69) is 24.6 Å². The van der Waals surface area contributed by atoms with Gasteiger partial charge in [-0.3, -0.25) is 4.98 Å². The van der Waals surface area contributed by atoms with E-state index in [0.29, 0.717) is 16.5 Å². The van der Waals surface area contributed by atoms with Crippen LogP contribution in [0.4, 0.5) is 0 Å². The van der Waals surface area contributed by atoms with Crippen molar-refractivity contribution in [2.24, 2.45) is 0 Å². The van der Waals surface area contributed by atoms with E-state index in [-0.39, 0.29) is 16.1 Å². The molecule has 6 heteroatoms. The molecule has 0 atom stereocenters. The molecule has 1 heterocycles. The van der Waals surface area contributed by atoms with Gasteiger partial charge in [0.1, 0.15) is 0 Å². The SMILES string of the molecule is CC(C)[NH3+].O=C([O-])c1c(Cl)ccc2cc(Cl)cnc12. The number of fused-ring (bicyclic) bond motifs is 1. The quantitative estimate of drug-likeness (QED) is 0.867. The molecule has 1 aromatic heterocycles. The number of aromatic carboxylic acids is 1. The van der Waals surface area contributed by atoms with Gasteiger partial charge in [0.2, 0.25) is 0 Å². The summed E-state index contributed by atoms with van der Waals surface area (Å²) < 4.78 is 0. The normalized spacial score (nSPS) is 10.2. The Balaban J connectivity index is 0.000000399. The maximum Gasteiger partial charge on any atom is 0.0808 e. The minimum Gasteiger partial charge on any atom is -0.545 e. The number of nitrogens with zero attached hydrogens (tertiary/aromatic N) is 1. The zero-order chi connectivity index (χ0) is 14.6. The number of carboxylic acids is 1. The number of carboxylic acid groups (broad SMARTS) is 1. The summed E-state index contributed by atoms with van der Waals surface area (Å²) in [5.41, 5.74) is 3.82. The molecule has 0 unspecified atom stereocenters. The zero-order valence-electron chi connectivity index (χ0n) is 10.6. The van der Waals surface area contributed by atoms with Gasteiger partial charge in [0.05, 0.1) is 27.6 Å². The lowest BCUT2D eigenvalue weighted by molar-refractivity contribution is -0.407. The minimum absolute atomic E-state index is 0.106. The fourth-order valence-electron chi connectivity index (χ4n) is 1.34. The van der Waals surface area contributed by atoms with Crippen molar-refractivity contribution in [1.82, 2.24) is 4.98 Å². The highest BCUT2D eigenvalue weighted by Crippen LogP contribution is 2.25. The maximum atomic E-state index is 10.9. The fourth-order valence-corrected chi connectivity index (χ4v) is 1.74. The third kappa shape index (κ3) is 4.35. The largest absolute Gasteiger partial charge is 0.545 e. The summed E-state index contributed by atoms with van der Waals surface area (Å²) in [7, 11) is 0. The Morgan fingerprint density at radius 1 is 1.37 bits per heavy atom. The van der Waals surface area contributed by atoms with Gasteiger partial charge in [0.25, 0.3) is 0 Å². The number of carbonyl (C=O) groups is 1. The lowest BCUT2D eigenvalue weighted by Crippen LogP contribution is -2.57. The first-order valence-electron chi connectivity index (χ1n) is 5.61. The van der Waals surface area contributed by atoms with E-state index >= 15 is 0 Å². The summed E-state index contributed by atoms with van der Waals surface area (Å²) in [5.74, 6) is -1.35. The highest BCUT2D eigenvalue weighted by atomic mass is 35.5. The van der Waals surface area contributed by atoms with Crippen LogP contribution in [-0.4, -0.2) is 17.0 Å². The predicted octanol–water partition coefficient (Wildman–Crippen LogP) is 1.54. The van der Waals surface area contributed by atoms with Gasteiger partial charge in [-0.2, -0.15) is 0 Å². The van der Waals surface area contributed by atoms with Gasteiger partial charge < -0.3 is 15.6 Å². The molecule has 19 heavy (non-hydrogen) atoms. The lowest BCUT2D eigenvalue weighted by atomic mass is 10.1. The molecule has 0 saturated carbocycles. The van der Waals surface area contributed by atoms with Gasteiger partial charge in [0, 0.05) is 17.1 Å². The summed E-state index contributed by atoms with van der Waals surface area (Å²) in [6.07, 6.45) is 1.37. The van der Waals surface area contributed by atoms with E-state index in [9.17, 15) is 9.90 Å². The molecule has 0 fully saturated rings. The average Bonchev–Trinajstić information content (AvgIpc) is 2.28. The summed E-state index contributed by atoms with van der Waals surface area (Å²) in [6.45, 7) is 4.11. The monoisotopic (exact) mass is 300 g/mol. The van der Waals surface area contributed by atoms with Crippen LogP contribution in [0.5, 0.6) is 0 Å². The second-order valence-corrected chi connectivity index (χ2v) is 5.17. The van der Waals surface area contributed by atoms with Crippen molar-refractivity contribution >= 4 is 40.1 Å². The fraction of sp³-hybridized carbons (Fsp3) is 0.231. The number of pyridine rings is 1. The van der Waals surface area contributed by atoms with E-state index in [1.54, 1.807) is 12.1 Å². The third-order valence-electron chi connectivity index (χ3n) is 1.97. The molecule has 0 bridgehead atoms. The standard InChI is InChI=1S/C10H5Cl2NO2.C3H9N/c11-6-3-5-1-2-7(12)8(10(14)15)9(5)13-4-6;1-3(2)4/h1-4H,(H,14,15);3H,4H2,1-2H3. The second-order valence-electron chi connectivity index (χ2n) is 4.33. The topological polar surface area (TPSA) is 80.7 Å². The van der Waals surface area contributed by atoms with E-state index in [1.165, 1.54) is 12.3 Å². The van der Waals surface area contributed by atoms with Crippen molar-refractivity contribution < 1.29 is 15.6 Å². The first-order valence-corrected chi connectivity index (χ1v) is 6.36. The summed E-state index contributed by atoms with van der Waals surface area (Å²) >= 11 is 11.5. The molecule has 0 radical (unpaired) electrons. The molecule has 0 amide bonds. The van der Waals surface area contributed by atoms with Gasteiger partial charge >= 0.3 is 0 Å². The number of carbonyl (C=O) groups excluding carboxylic acids is 1. The van der Waals surface area contributed by atoms with Crippen LogP contribution in [0, 0.1) is 0 Å². The molecule has 0 saturated heterocycles. The lowest BCUT2D eigenvalue weighted by Gasteiger charge is -2.08. The van der Waals surface area contributed by atoms with Crippen LogP contribution in [0.1, 0.15) is 24.2 Å². The van der Waals surface area contributed by atoms with Crippen LogP contribution < -0.4 is 10.8 Å². The molecule has 0 aliphatic carbocycles. The average molecular weight is 301 g/mol. The Labute approximate surface area is 121 Å². The van der Waals surface area contributed by atoms with Crippen molar-refractivity contribution in [3.8, 4) is 0 Å². The molecule has 4 nitrogen and oxygen atoms in total. The molecule has 0 aliphatic rings. The van der Waals surface area contributed by atoms with Crippen molar-refractivity contribution in [3.63, 3.8) is 0 Å². The molecule has 1 aromatic carbocycles. The number of halogens is 2. The van der Waals surface area contributed by atoms with Crippen molar-refractivity contribution in [3.05, 3.63) is 40.0 Å². The van der Waals surface area contributed by atoms with Crippen molar-refractivity contribution in [2.75, 3.05) is 0 Å². The van der Waals surface area contributed by atoms with E-state index in [4.69, 9.17) is 23.2 Å². The molecule has 2 rings (SSSR count). The van der Waals surface area contributed by atoms with Crippen LogP contribution in [0.15, 0.2) is 24.4 Å². The van der Waals surface area contributed by atoms with E-state index in [0.717, 1.165) is 0 Å². The van der Waals surface area contributed by atoms with Gasteiger partial charge in [-0.05, 0) is 26.0 Å². The number of rotatable bonds is 1. The van der Waals surface area contributed by atoms with E-state index < -0.39 is 5.97 Å². The Morgan fingerprint density at radius 3 is 2.47 bits per heavy atom. The van der Waals surface area contributed by atoms with Crippen LogP contribution >= 0.6 is 23.2 Å². The molecule has 0 spiro atoms. The van der Waals surface area contributed by atoms with Crippen LogP contribution in [-0.2, 0) is 0 Å². The number of hydrogen-bond acceptors (Lipinski definition) is 3. The summed E-state index contributed by atoms with van der Waals surface area (Å²) in [5, 5.41) is 12.0. The first-order chi connectivity index (χ1) is 8.82. The van der Waals surface area contributed by atoms with Gasteiger partial charge in [0.15, 0.2) is 0 Å². The number of benzene rings is 1. The first kappa shape index (κ1) is 15.7. The summed E-state index contributed by atoms with van der Waals surface area (Å²) in [6, 6.07) is 5.34. The second kappa shape index (κ2) is 6.70. The van der Waals surface area contributed by atoms with Gasteiger partial charge in [-0.15, -0.1) is 0 Å². The molecule has 102 valence electrons. The molecule has 0 aliphatic heterocycles. The Bertz CT molecular complexity index is 598. The molecular formula is C13H14Cl2N2O2. The van der Waals surface area contributed by atoms with Gasteiger partial charge in [-0.25, -0.2) is 0 Å². The van der Waals surface area contributed by atoms with E-state index in [1.807, 2.05) is 0 Å². The van der Waals surface area contributed by atoms with Crippen molar-refractivity contribution in [2.45, 2.75) is 19.9 Å². The molecule has 3 N–H and O–H groups in total. The summed E-state index contributed by atoms with van der Waals surface area (Å²) in [4.78, 5) is 14.8. The molecular weight excluding hydrogens is 287 g/mol. The smallest absolute Gasteiger partial charge is 0.0808 e. The van der Waals surface area contributed by atoms with Crippen LogP contribution in [0.25, 0.3) is 10.9 Å². The highest BCUT2D eigenvalue weighted by Gasteiger charge is 2.08. The zero-order valence-corrected chi connectivity index (χ0v) is 12.1. The Hall–Kier alpha value is -1.36. The maximum absolute atomic E-state index is 10.9. The highest BCUT2D eigenvalue weighted by molar-refractivity contribution is 6.35. The number of quaternary nitrogens is 1.